The molecule has 0 spiro atoms. The van der Waals surface area contributed by atoms with Crippen molar-refractivity contribution in [3.8, 4) is 0 Å². The standard InChI is InChI=1S/C7H7BrClNO/c1-4(11)6-5(8)2-3-10-7(6)9/h2-4,11H,1H3/t4-/m1/s1. The quantitative estimate of drug-likeness (QED) is 0.760. The molecule has 0 aliphatic rings. The second kappa shape index (κ2) is 3.52. The van der Waals surface area contributed by atoms with Gasteiger partial charge in [0, 0.05) is 16.2 Å². The highest BCUT2D eigenvalue weighted by Crippen LogP contribution is 2.27. The Balaban J connectivity index is 3.21. The first-order chi connectivity index (χ1) is 5.13. The predicted molar refractivity (Wildman–Crippen MR) is 47.6 cm³/mol. The van der Waals surface area contributed by atoms with Gasteiger partial charge in [0.1, 0.15) is 5.15 Å². The molecule has 0 unspecified atom stereocenters. The number of halogens is 2. The summed E-state index contributed by atoms with van der Waals surface area (Å²) in [5.41, 5.74) is 0.633. The van der Waals surface area contributed by atoms with Crippen LogP contribution >= 0.6 is 27.5 Å². The van der Waals surface area contributed by atoms with Gasteiger partial charge >= 0.3 is 0 Å². The van der Waals surface area contributed by atoms with E-state index in [0.29, 0.717) is 10.7 Å². The lowest BCUT2D eigenvalue weighted by molar-refractivity contribution is 0.198. The molecule has 0 saturated heterocycles. The van der Waals surface area contributed by atoms with Crippen molar-refractivity contribution >= 4 is 27.5 Å². The Morgan fingerprint density at radius 3 is 2.73 bits per heavy atom. The summed E-state index contributed by atoms with van der Waals surface area (Å²) in [6, 6.07) is 1.74. The molecule has 0 fully saturated rings. The second-order valence-corrected chi connectivity index (χ2v) is 3.39. The molecule has 1 aromatic heterocycles. The smallest absolute Gasteiger partial charge is 0.135 e. The number of pyridine rings is 1. The Hall–Kier alpha value is -0.120. The third-order valence-corrected chi connectivity index (χ3v) is 2.30. The van der Waals surface area contributed by atoms with E-state index in [1.807, 2.05) is 0 Å². The SMILES string of the molecule is C[C@@H](O)c1c(Br)ccnc1Cl. The average Bonchev–Trinajstić information content (AvgIpc) is 1.85. The van der Waals surface area contributed by atoms with Gasteiger partial charge in [0.15, 0.2) is 0 Å². The van der Waals surface area contributed by atoms with Crippen LogP contribution in [0.25, 0.3) is 0 Å². The Kier molecular flexibility index (Phi) is 2.87. The normalized spacial score (nSPS) is 13.1. The zero-order valence-corrected chi connectivity index (χ0v) is 8.22. The van der Waals surface area contributed by atoms with Gasteiger partial charge in [0.25, 0.3) is 0 Å². The largest absolute Gasteiger partial charge is 0.389 e. The number of aliphatic hydroxyl groups is 1. The fourth-order valence-electron chi connectivity index (χ4n) is 0.798. The molecule has 0 radical (unpaired) electrons. The van der Waals surface area contributed by atoms with Crippen molar-refractivity contribution in [2.45, 2.75) is 13.0 Å². The molecule has 0 aliphatic heterocycles. The van der Waals surface area contributed by atoms with E-state index < -0.39 is 6.10 Å². The van der Waals surface area contributed by atoms with Gasteiger partial charge in [-0.2, -0.15) is 0 Å². The van der Waals surface area contributed by atoms with Crippen LogP contribution in [0.15, 0.2) is 16.7 Å². The minimum atomic E-state index is -0.592. The molecule has 0 aliphatic carbocycles. The molecule has 2 nitrogen and oxygen atoms in total. The summed E-state index contributed by atoms with van der Waals surface area (Å²) in [5.74, 6) is 0. The van der Waals surface area contributed by atoms with Crippen molar-refractivity contribution in [3.05, 3.63) is 27.5 Å². The topological polar surface area (TPSA) is 33.1 Å². The second-order valence-electron chi connectivity index (χ2n) is 2.17. The van der Waals surface area contributed by atoms with E-state index in [1.54, 1.807) is 19.2 Å². The molecular weight excluding hydrogens is 229 g/mol. The van der Waals surface area contributed by atoms with E-state index in [1.165, 1.54) is 0 Å². The molecular formula is C7H7BrClNO. The fraction of sp³-hybridized carbons (Fsp3) is 0.286. The third-order valence-electron chi connectivity index (χ3n) is 1.31. The summed E-state index contributed by atoms with van der Waals surface area (Å²) in [6.07, 6.45) is 0.990. The number of hydrogen-bond acceptors (Lipinski definition) is 2. The van der Waals surface area contributed by atoms with Gasteiger partial charge in [-0.15, -0.1) is 0 Å². The number of nitrogens with zero attached hydrogens (tertiary/aromatic N) is 1. The first-order valence-electron chi connectivity index (χ1n) is 3.11. The van der Waals surface area contributed by atoms with Gasteiger partial charge in [-0.3, -0.25) is 0 Å². The van der Waals surface area contributed by atoms with Gasteiger partial charge in [-0.05, 0) is 13.0 Å². The van der Waals surface area contributed by atoms with Crippen LogP contribution in [0.1, 0.15) is 18.6 Å². The molecule has 0 aromatic carbocycles. The first kappa shape index (κ1) is 8.97. The minimum Gasteiger partial charge on any atom is -0.389 e. The number of rotatable bonds is 1. The molecule has 1 heterocycles. The summed E-state index contributed by atoms with van der Waals surface area (Å²) in [6.45, 7) is 1.65. The maximum atomic E-state index is 9.23. The maximum absolute atomic E-state index is 9.23. The molecule has 0 saturated carbocycles. The van der Waals surface area contributed by atoms with E-state index in [9.17, 15) is 5.11 Å². The van der Waals surface area contributed by atoms with Crippen LogP contribution in [-0.2, 0) is 0 Å². The average molecular weight is 236 g/mol. The van der Waals surface area contributed by atoms with Crippen molar-refractivity contribution in [3.63, 3.8) is 0 Å². The zero-order valence-electron chi connectivity index (χ0n) is 5.88. The van der Waals surface area contributed by atoms with Crippen LogP contribution in [0.4, 0.5) is 0 Å². The Labute approximate surface area is 78.3 Å². The van der Waals surface area contributed by atoms with Crippen LogP contribution in [0.5, 0.6) is 0 Å². The zero-order chi connectivity index (χ0) is 8.43. The predicted octanol–water partition coefficient (Wildman–Crippen LogP) is 2.55. The van der Waals surface area contributed by atoms with E-state index in [2.05, 4.69) is 20.9 Å². The molecule has 0 bridgehead atoms. The molecule has 1 rings (SSSR count). The summed E-state index contributed by atoms with van der Waals surface area (Å²) in [4.78, 5) is 3.84. The van der Waals surface area contributed by atoms with Gasteiger partial charge in [-0.25, -0.2) is 4.98 Å². The summed E-state index contributed by atoms with van der Waals surface area (Å²) >= 11 is 8.99. The minimum absolute atomic E-state index is 0.342. The number of aliphatic hydroxyl groups excluding tert-OH is 1. The summed E-state index contributed by atoms with van der Waals surface area (Å²) < 4.78 is 0.785. The summed E-state index contributed by atoms with van der Waals surface area (Å²) in [5, 5.41) is 9.57. The van der Waals surface area contributed by atoms with Crippen LogP contribution in [0.2, 0.25) is 5.15 Å². The van der Waals surface area contributed by atoms with Crippen molar-refractivity contribution in [1.82, 2.24) is 4.98 Å². The lowest BCUT2D eigenvalue weighted by atomic mass is 10.2. The highest BCUT2D eigenvalue weighted by molar-refractivity contribution is 9.10. The molecule has 1 atom stereocenters. The van der Waals surface area contributed by atoms with E-state index in [-0.39, 0.29) is 0 Å². The van der Waals surface area contributed by atoms with E-state index >= 15 is 0 Å². The lowest BCUT2D eigenvalue weighted by Gasteiger charge is -2.07. The van der Waals surface area contributed by atoms with Crippen LogP contribution in [-0.4, -0.2) is 10.1 Å². The van der Waals surface area contributed by atoms with Crippen molar-refractivity contribution < 1.29 is 5.11 Å². The van der Waals surface area contributed by atoms with Crippen LogP contribution < -0.4 is 0 Å². The summed E-state index contributed by atoms with van der Waals surface area (Å²) in [7, 11) is 0. The molecule has 0 amide bonds. The highest BCUT2D eigenvalue weighted by Gasteiger charge is 2.10. The van der Waals surface area contributed by atoms with E-state index in [0.717, 1.165) is 4.47 Å². The number of aromatic nitrogens is 1. The lowest BCUT2D eigenvalue weighted by Crippen LogP contribution is -1.95. The number of hydrogen-bond donors (Lipinski definition) is 1. The van der Waals surface area contributed by atoms with Gasteiger partial charge in [0.05, 0.1) is 6.10 Å². The highest BCUT2D eigenvalue weighted by atomic mass is 79.9. The third kappa shape index (κ3) is 1.92. The molecule has 1 N–H and O–H groups in total. The molecule has 11 heavy (non-hydrogen) atoms. The molecule has 60 valence electrons. The maximum Gasteiger partial charge on any atom is 0.135 e. The van der Waals surface area contributed by atoms with Crippen molar-refractivity contribution in [2.24, 2.45) is 0 Å². The first-order valence-corrected chi connectivity index (χ1v) is 4.28. The van der Waals surface area contributed by atoms with Crippen LogP contribution in [0.3, 0.4) is 0 Å². The van der Waals surface area contributed by atoms with Gasteiger partial charge in [0.2, 0.25) is 0 Å². The monoisotopic (exact) mass is 235 g/mol. The molecule has 1 aromatic rings. The Bertz CT molecular complexity index is 244. The molecule has 4 heteroatoms. The van der Waals surface area contributed by atoms with Gasteiger partial charge in [-0.1, -0.05) is 27.5 Å². The fourth-order valence-corrected chi connectivity index (χ4v) is 1.87. The van der Waals surface area contributed by atoms with Gasteiger partial charge < -0.3 is 5.11 Å². The van der Waals surface area contributed by atoms with Crippen molar-refractivity contribution in [2.75, 3.05) is 0 Å². The Morgan fingerprint density at radius 1 is 1.73 bits per heavy atom. The van der Waals surface area contributed by atoms with Crippen molar-refractivity contribution in [1.29, 1.82) is 0 Å². The Morgan fingerprint density at radius 2 is 2.36 bits per heavy atom. The van der Waals surface area contributed by atoms with E-state index in [4.69, 9.17) is 11.6 Å². The van der Waals surface area contributed by atoms with Crippen LogP contribution in [0, 0.1) is 0 Å².